The lowest BCUT2D eigenvalue weighted by molar-refractivity contribution is -0.140. The highest BCUT2D eigenvalue weighted by Gasteiger charge is 2.31. The molecule has 5 heteroatoms. The lowest BCUT2D eigenvalue weighted by atomic mass is 10.1. The molecule has 1 N–H and O–H groups in total. The Morgan fingerprint density at radius 2 is 2.16 bits per heavy atom. The average Bonchev–Trinajstić information content (AvgIpc) is 3.29. The third-order valence-corrected chi connectivity index (χ3v) is 4.82. The molecule has 2 aromatic heterocycles. The van der Waals surface area contributed by atoms with Crippen LogP contribution in [0.3, 0.4) is 0 Å². The average molecular weight is 338 g/mol. The number of aryl methyl sites for hydroxylation is 1. The number of nitrogens with one attached hydrogen (secondary N) is 1. The van der Waals surface area contributed by atoms with Crippen LogP contribution >= 0.6 is 0 Å². The van der Waals surface area contributed by atoms with Gasteiger partial charge < -0.3 is 19.0 Å². The zero-order chi connectivity index (χ0) is 17.2. The molecule has 0 radical (unpaired) electrons. The predicted molar refractivity (Wildman–Crippen MR) is 95.4 cm³/mol. The molecular formula is C20H22N2O3. The van der Waals surface area contributed by atoms with E-state index in [9.17, 15) is 4.79 Å². The molecule has 1 atom stereocenters. The Labute approximate surface area is 146 Å². The van der Waals surface area contributed by atoms with E-state index in [4.69, 9.17) is 9.15 Å². The molecule has 1 saturated heterocycles. The Hall–Kier alpha value is -2.53. The minimum absolute atomic E-state index is 0.104. The number of nitrogens with zero attached hydrogens (tertiary/aromatic N) is 1. The highest BCUT2D eigenvalue weighted by Crippen LogP contribution is 2.28. The molecule has 0 bridgehead atoms. The van der Waals surface area contributed by atoms with Gasteiger partial charge in [0.25, 0.3) is 0 Å². The highest BCUT2D eigenvalue weighted by atomic mass is 16.5. The van der Waals surface area contributed by atoms with Crippen LogP contribution in [-0.4, -0.2) is 35.5 Å². The second kappa shape index (κ2) is 6.76. The Balaban J connectivity index is 1.56. The van der Waals surface area contributed by atoms with Crippen molar-refractivity contribution in [3.63, 3.8) is 0 Å². The lowest BCUT2D eigenvalue weighted by Gasteiger charge is -2.34. The summed E-state index contributed by atoms with van der Waals surface area (Å²) in [6.45, 7) is 3.70. The summed E-state index contributed by atoms with van der Waals surface area (Å²) in [5, 5.41) is 1.10. The summed E-state index contributed by atoms with van der Waals surface area (Å²) >= 11 is 0. The second-order valence-corrected chi connectivity index (χ2v) is 6.37. The number of aromatic amines is 1. The molecule has 1 amide bonds. The zero-order valence-corrected chi connectivity index (χ0v) is 14.3. The molecule has 0 aliphatic carbocycles. The number of hydrogen-bond donors (Lipinski definition) is 1. The number of benzene rings is 1. The monoisotopic (exact) mass is 338 g/mol. The van der Waals surface area contributed by atoms with Gasteiger partial charge in [-0.15, -0.1) is 0 Å². The van der Waals surface area contributed by atoms with Crippen molar-refractivity contribution in [2.45, 2.75) is 25.8 Å². The molecule has 0 spiro atoms. The molecule has 1 fully saturated rings. The normalized spacial score (nSPS) is 18.0. The summed E-state index contributed by atoms with van der Waals surface area (Å²) in [7, 11) is 0. The van der Waals surface area contributed by atoms with Crippen molar-refractivity contribution in [2.75, 3.05) is 19.8 Å². The van der Waals surface area contributed by atoms with Gasteiger partial charge in [0.15, 0.2) is 0 Å². The molecule has 1 aliphatic rings. The van der Waals surface area contributed by atoms with Crippen LogP contribution in [0.25, 0.3) is 10.9 Å². The van der Waals surface area contributed by atoms with E-state index in [-0.39, 0.29) is 11.9 Å². The summed E-state index contributed by atoms with van der Waals surface area (Å²) in [5.74, 6) is 1.85. The van der Waals surface area contributed by atoms with Crippen molar-refractivity contribution in [1.82, 2.24) is 9.88 Å². The molecule has 0 unspecified atom stereocenters. The van der Waals surface area contributed by atoms with Crippen molar-refractivity contribution in [3.05, 3.63) is 59.7 Å². The van der Waals surface area contributed by atoms with Crippen molar-refractivity contribution >= 4 is 16.8 Å². The Bertz CT molecular complexity index is 880. The third-order valence-electron chi connectivity index (χ3n) is 4.82. The van der Waals surface area contributed by atoms with Gasteiger partial charge in [0.2, 0.25) is 5.91 Å². The fraction of sp³-hybridized carbons (Fsp3) is 0.350. The van der Waals surface area contributed by atoms with Gasteiger partial charge >= 0.3 is 0 Å². The first-order valence-corrected chi connectivity index (χ1v) is 8.77. The molecule has 1 aliphatic heterocycles. The van der Waals surface area contributed by atoms with E-state index in [1.165, 1.54) is 0 Å². The summed E-state index contributed by atoms with van der Waals surface area (Å²) in [4.78, 5) is 18.1. The maximum atomic E-state index is 13.0. The van der Waals surface area contributed by atoms with E-state index < -0.39 is 0 Å². The molecular weight excluding hydrogens is 316 g/mol. The number of ether oxygens (including phenoxy) is 1. The maximum Gasteiger partial charge on any atom is 0.227 e. The van der Waals surface area contributed by atoms with Gasteiger partial charge in [0.05, 0.1) is 19.6 Å². The number of furan rings is 1. The standard InChI is InChI=1S/C20H22N2O3/c1-2-15-7-8-19(25-15)18-13-24-10-9-22(18)20(23)11-14-12-21-17-6-4-3-5-16(14)17/h3-8,12,18,21H,2,9-11,13H2,1H3/t18-/m1/s1. The Kier molecular flexibility index (Phi) is 4.32. The van der Waals surface area contributed by atoms with Crippen LogP contribution in [0, 0.1) is 0 Å². The number of rotatable bonds is 4. The van der Waals surface area contributed by atoms with Gasteiger partial charge in [-0.3, -0.25) is 4.79 Å². The highest BCUT2D eigenvalue weighted by molar-refractivity contribution is 5.89. The van der Waals surface area contributed by atoms with Crippen LogP contribution in [0.15, 0.2) is 47.0 Å². The first-order valence-electron chi connectivity index (χ1n) is 8.77. The number of morpholine rings is 1. The minimum atomic E-state index is -0.147. The second-order valence-electron chi connectivity index (χ2n) is 6.37. The largest absolute Gasteiger partial charge is 0.464 e. The minimum Gasteiger partial charge on any atom is -0.464 e. The molecule has 3 aromatic rings. The molecule has 25 heavy (non-hydrogen) atoms. The van der Waals surface area contributed by atoms with Gasteiger partial charge in [0.1, 0.15) is 17.6 Å². The quantitative estimate of drug-likeness (QED) is 0.792. The van der Waals surface area contributed by atoms with Gasteiger partial charge in [-0.05, 0) is 23.8 Å². The number of aromatic nitrogens is 1. The molecule has 4 rings (SSSR count). The smallest absolute Gasteiger partial charge is 0.227 e. The molecule has 1 aromatic carbocycles. The van der Waals surface area contributed by atoms with Crippen molar-refractivity contribution in [3.8, 4) is 0 Å². The van der Waals surface area contributed by atoms with Gasteiger partial charge in [0, 0.05) is 30.1 Å². The van der Waals surface area contributed by atoms with Crippen molar-refractivity contribution in [2.24, 2.45) is 0 Å². The van der Waals surface area contributed by atoms with E-state index >= 15 is 0 Å². The van der Waals surface area contributed by atoms with E-state index in [0.29, 0.717) is 26.2 Å². The fourth-order valence-corrected chi connectivity index (χ4v) is 3.44. The summed E-state index contributed by atoms with van der Waals surface area (Å²) in [5.41, 5.74) is 2.09. The lowest BCUT2D eigenvalue weighted by Crippen LogP contribution is -2.44. The van der Waals surface area contributed by atoms with Crippen molar-refractivity contribution < 1.29 is 13.9 Å². The van der Waals surface area contributed by atoms with Gasteiger partial charge in [-0.2, -0.15) is 0 Å². The molecule has 3 heterocycles. The Morgan fingerprint density at radius 3 is 3.00 bits per heavy atom. The first-order chi connectivity index (χ1) is 12.3. The Morgan fingerprint density at radius 1 is 1.28 bits per heavy atom. The number of carbonyl (C=O) groups excluding carboxylic acids is 1. The SMILES string of the molecule is CCc1ccc([C@H]2COCCN2C(=O)Cc2c[nH]c3ccccc23)o1. The number of H-pyrrole nitrogens is 1. The number of hydrogen-bond acceptors (Lipinski definition) is 3. The topological polar surface area (TPSA) is 58.5 Å². The van der Waals surface area contributed by atoms with E-state index in [2.05, 4.69) is 11.9 Å². The van der Waals surface area contributed by atoms with Crippen molar-refractivity contribution in [1.29, 1.82) is 0 Å². The van der Waals surface area contributed by atoms with Gasteiger partial charge in [-0.25, -0.2) is 0 Å². The number of para-hydroxylation sites is 1. The summed E-state index contributed by atoms with van der Waals surface area (Å²) < 4.78 is 11.5. The van der Waals surface area contributed by atoms with E-state index in [1.54, 1.807) is 0 Å². The number of fused-ring (bicyclic) bond motifs is 1. The first kappa shape index (κ1) is 16.0. The zero-order valence-electron chi connectivity index (χ0n) is 14.3. The molecule has 130 valence electrons. The van der Waals surface area contributed by atoms with Gasteiger partial charge in [-0.1, -0.05) is 25.1 Å². The third kappa shape index (κ3) is 3.07. The maximum absolute atomic E-state index is 13.0. The summed E-state index contributed by atoms with van der Waals surface area (Å²) in [6, 6.07) is 11.9. The van der Waals surface area contributed by atoms with E-state index in [0.717, 1.165) is 34.4 Å². The van der Waals surface area contributed by atoms with Crippen LogP contribution in [0.1, 0.15) is 30.0 Å². The molecule has 5 nitrogen and oxygen atoms in total. The fourth-order valence-electron chi connectivity index (χ4n) is 3.44. The predicted octanol–water partition coefficient (Wildman–Crippen LogP) is 3.47. The van der Waals surface area contributed by atoms with Crippen LogP contribution in [0.2, 0.25) is 0 Å². The number of amides is 1. The molecule has 0 saturated carbocycles. The van der Waals surface area contributed by atoms with Crippen LogP contribution in [0.4, 0.5) is 0 Å². The van der Waals surface area contributed by atoms with E-state index in [1.807, 2.05) is 47.5 Å². The van der Waals surface area contributed by atoms with Crippen LogP contribution in [-0.2, 0) is 22.4 Å². The van der Waals surface area contributed by atoms with Crippen LogP contribution in [0.5, 0.6) is 0 Å². The number of carbonyl (C=O) groups is 1. The summed E-state index contributed by atoms with van der Waals surface area (Å²) in [6.07, 6.45) is 3.15. The van der Waals surface area contributed by atoms with Crippen LogP contribution < -0.4 is 0 Å².